The maximum absolute atomic E-state index is 6.07. The average Bonchev–Trinajstić information content (AvgIpc) is 2.56. The zero-order chi connectivity index (χ0) is 10.1. The average molecular weight is 205 g/mol. The molecule has 0 aliphatic heterocycles. The predicted octanol–water partition coefficient (Wildman–Crippen LogP) is 3.62. The summed E-state index contributed by atoms with van der Waals surface area (Å²) in [5, 5.41) is 1.36. The van der Waals surface area contributed by atoms with Crippen molar-refractivity contribution in [2.24, 2.45) is 5.73 Å². The highest BCUT2D eigenvalue weighted by Crippen LogP contribution is 2.34. The monoisotopic (exact) mass is 205 g/mol. The molecule has 2 heteroatoms. The molecule has 0 fully saturated rings. The van der Waals surface area contributed by atoms with Crippen LogP contribution in [-0.4, -0.2) is 0 Å². The Kier molecular flexibility index (Phi) is 2.57. The Morgan fingerprint density at radius 3 is 2.71 bits per heavy atom. The quantitative estimate of drug-likeness (QED) is 0.796. The summed E-state index contributed by atoms with van der Waals surface area (Å²) in [4.78, 5) is 1.34. The van der Waals surface area contributed by atoms with Crippen molar-refractivity contribution in [3.8, 4) is 0 Å². The van der Waals surface area contributed by atoms with Gasteiger partial charge in [-0.1, -0.05) is 25.1 Å². The van der Waals surface area contributed by atoms with Crippen molar-refractivity contribution >= 4 is 21.4 Å². The Labute approximate surface area is 88.6 Å². The van der Waals surface area contributed by atoms with Crippen LogP contribution in [0.3, 0.4) is 0 Å². The van der Waals surface area contributed by atoms with Gasteiger partial charge in [0.05, 0.1) is 0 Å². The third-order valence-electron chi connectivity index (χ3n) is 2.66. The van der Waals surface area contributed by atoms with Crippen LogP contribution in [0.2, 0.25) is 0 Å². The van der Waals surface area contributed by atoms with Crippen molar-refractivity contribution in [3.05, 3.63) is 34.7 Å². The molecular formula is C12H15NS. The van der Waals surface area contributed by atoms with Crippen LogP contribution >= 0.6 is 11.3 Å². The van der Waals surface area contributed by atoms with Crippen molar-refractivity contribution in [1.29, 1.82) is 0 Å². The summed E-state index contributed by atoms with van der Waals surface area (Å²) in [5.41, 5.74) is 7.43. The van der Waals surface area contributed by atoms with Gasteiger partial charge in [-0.25, -0.2) is 0 Å². The summed E-state index contributed by atoms with van der Waals surface area (Å²) in [7, 11) is 0. The Hall–Kier alpha value is -0.860. The van der Waals surface area contributed by atoms with Crippen LogP contribution in [0.1, 0.15) is 29.8 Å². The number of rotatable bonds is 2. The van der Waals surface area contributed by atoms with Gasteiger partial charge in [0.1, 0.15) is 0 Å². The molecule has 1 unspecified atom stereocenters. The molecule has 0 radical (unpaired) electrons. The van der Waals surface area contributed by atoms with E-state index in [0.29, 0.717) is 0 Å². The van der Waals surface area contributed by atoms with E-state index in [-0.39, 0.29) is 6.04 Å². The highest BCUT2D eigenvalue weighted by Gasteiger charge is 2.12. The fourth-order valence-corrected chi connectivity index (χ4v) is 3.03. The van der Waals surface area contributed by atoms with Gasteiger partial charge in [0.2, 0.25) is 0 Å². The molecule has 1 atom stereocenters. The van der Waals surface area contributed by atoms with Crippen LogP contribution < -0.4 is 5.73 Å². The molecule has 0 spiro atoms. The number of thiophene rings is 1. The van der Waals surface area contributed by atoms with Crippen LogP contribution in [0.4, 0.5) is 0 Å². The molecule has 0 aliphatic rings. The van der Waals surface area contributed by atoms with Crippen molar-refractivity contribution in [2.75, 3.05) is 0 Å². The highest BCUT2D eigenvalue weighted by molar-refractivity contribution is 7.19. The summed E-state index contributed by atoms with van der Waals surface area (Å²) in [6.45, 7) is 4.30. The number of benzene rings is 1. The van der Waals surface area contributed by atoms with E-state index < -0.39 is 0 Å². The first-order valence-corrected chi connectivity index (χ1v) is 5.79. The van der Waals surface area contributed by atoms with Gasteiger partial charge in [-0.05, 0) is 30.4 Å². The standard InChI is InChI=1S/C12H15NS/c1-3-10(13)12-8(2)9-6-4-5-7-11(9)14-12/h4-7,10H,3,13H2,1-2H3. The molecule has 0 saturated heterocycles. The fourth-order valence-electron chi connectivity index (χ4n) is 1.73. The molecule has 2 rings (SSSR count). The van der Waals surface area contributed by atoms with E-state index in [2.05, 4.69) is 38.1 Å². The number of hydrogen-bond acceptors (Lipinski definition) is 2. The second-order valence-corrected chi connectivity index (χ2v) is 4.69. The van der Waals surface area contributed by atoms with Gasteiger partial charge in [-0.15, -0.1) is 11.3 Å². The summed E-state index contributed by atoms with van der Waals surface area (Å²) >= 11 is 1.83. The summed E-state index contributed by atoms with van der Waals surface area (Å²) in [6.07, 6.45) is 1.01. The maximum atomic E-state index is 6.07. The van der Waals surface area contributed by atoms with Gasteiger partial charge in [-0.2, -0.15) is 0 Å². The molecule has 0 amide bonds. The molecule has 1 nitrogen and oxygen atoms in total. The molecule has 0 bridgehead atoms. The predicted molar refractivity (Wildman–Crippen MR) is 63.8 cm³/mol. The normalized spacial score (nSPS) is 13.4. The lowest BCUT2D eigenvalue weighted by molar-refractivity contribution is 0.709. The topological polar surface area (TPSA) is 26.0 Å². The van der Waals surface area contributed by atoms with E-state index >= 15 is 0 Å². The largest absolute Gasteiger partial charge is 0.323 e. The second-order valence-electron chi connectivity index (χ2n) is 3.60. The Morgan fingerprint density at radius 1 is 1.36 bits per heavy atom. The number of nitrogens with two attached hydrogens (primary N) is 1. The van der Waals surface area contributed by atoms with E-state index in [9.17, 15) is 0 Å². The first-order chi connectivity index (χ1) is 6.74. The molecule has 2 aromatic rings. The van der Waals surface area contributed by atoms with Crippen LogP contribution in [-0.2, 0) is 0 Å². The van der Waals surface area contributed by atoms with Crippen molar-refractivity contribution in [1.82, 2.24) is 0 Å². The lowest BCUT2D eigenvalue weighted by atomic mass is 10.1. The van der Waals surface area contributed by atoms with Crippen molar-refractivity contribution in [3.63, 3.8) is 0 Å². The molecule has 74 valence electrons. The van der Waals surface area contributed by atoms with Gasteiger partial charge in [0, 0.05) is 15.6 Å². The minimum absolute atomic E-state index is 0.201. The summed E-state index contributed by atoms with van der Waals surface area (Å²) in [5.74, 6) is 0. The van der Waals surface area contributed by atoms with E-state index in [1.54, 1.807) is 0 Å². The molecule has 1 heterocycles. The van der Waals surface area contributed by atoms with Gasteiger partial charge in [0.15, 0.2) is 0 Å². The van der Waals surface area contributed by atoms with Crippen LogP contribution in [0.15, 0.2) is 24.3 Å². The zero-order valence-corrected chi connectivity index (χ0v) is 9.40. The highest BCUT2D eigenvalue weighted by atomic mass is 32.1. The van der Waals surface area contributed by atoms with E-state index in [1.807, 2.05) is 11.3 Å². The number of fused-ring (bicyclic) bond motifs is 1. The smallest absolute Gasteiger partial charge is 0.0390 e. The van der Waals surface area contributed by atoms with Gasteiger partial charge in [0.25, 0.3) is 0 Å². The minimum Gasteiger partial charge on any atom is -0.323 e. The first-order valence-electron chi connectivity index (χ1n) is 4.97. The third kappa shape index (κ3) is 1.45. The van der Waals surface area contributed by atoms with Crippen molar-refractivity contribution in [2.45, 2.75) is 26.3 Å². The molecular weight excluding hydrogens is 190 g/mol. The van der Waals surface area contributed by atoms with Crippen molar-refractivity contribution < 1.29 is 0 Å². The fraction of sp³-hybridized carbons (Fsp3) is 0.333. The van der Waals surface area contributed by atoms with Gasteiger partial charge >= 0.3 is 0 Å². The Balaban J connectivity index is 2.62. The van der Waals surface area contributed by atoms with E-state index in [1.165, 1.54) is 20.5 Å². The molecule has 0 aliphatic carbocycles. The number of aryl methyl sites for hydroxylation is 1. The minimum atomic E-state index is 0.201. The Bertz CT molecular complexity index is 445. The summed E-state index contributed by atoms with van der Waals surface area (Å²) < 4.78 is 1.35. The van der Waals surface area contributed by atoms with Crippen LogP contribution in [0, 0.1) is 6.92 Å². The molecule has 14 heavy (non-hydrogen) atoms. The van der Waals surface area contributed by atoms with Gasteiger partial charge in [-0.3, -0.25) is 0 Å². The lowest BCUT2D eigenvalue weighted by Crippen LogP contribution is -2.07. The lowest BCUT2D eigenvalue weighted by Gasteiger charge is -2.06. The van der Waals surface area contributed by atoms with E-state index in [0.717, 1.165) is 6.42 Å². The van der Waals surface area contributed by atoms with Crippen LogP contribution in [0.5, 0.6) is 0 Å². The third-order valence-corrected chi connectivity index (χ3v) is 4.06. The second kappa shape index (κ2) is 3.71. The first kappa shape index (κ1) is 9.69. The van der Waals surface area contributed by atoms with Gasteiger partial charge < -0.3 is 5.73 Å². The Morgan fingerprint density at radius 2 is 2.07 bits per heavy atom. The molecule has 1 aromatic heterocycles. The SMILES string of the molecule is CCC(N)c1sc2ccccc2c1C. The molecule has 2 N–H and O–H groups in total. The molecule has 1 aromatic carbocycles. The van der Waals surface area contributed by atoms with Crippen LogP contribution in [0.25, 0.3) is 10.1 Å². The maximum Gasteiger partial charge on any atom is 0.0390 e. The van der Waals surface area contributed by atoms with E-state index in [4.69, 9.17) is 5.73 Å². The number of hydrogen-bond donors (Lipinski definition) is 1. The molecule has 0 saturated carbocycles. The summed E-state index contributed by atoms with van der Waals surface area (Å²) in [6, 6.07) is 8.71. The zero-order valence-electron chi connectivity index (χ0n) is 8.58.